The Kier molecular flexibility index (Phi) is 6.17. The van der Waals surface area contributed by atoms with Gasteiger partial charge in [-0.2, -0.15) is 5.26 Å². The molecule has 0 amide bonds. The minimum Gasteiger partial charge on any atom is -0.505 e. The van der Waals surface area contributed by atoms with Gasteiger partial charge in [0.1, 0.15) is 16.7 Å². The van der Waals surface area contributed by atoms with Crippen molar-refractivity contribution in [2.24, 2.45) is 0 Å². The number of anilines is 3. The van der Waals surface area contributed by atoms with E-state index < -0.39 is 0 Å². The van der Waals surface area contributed by atoms with Crippen LogP contribution >= 0.6 is 11.3 Å². The molecule has 0 aliphatic rings. The molecule has 29 heavy (non-hydrogen) atoms. The number of phenolic OH excluding ortho intramolecular Hbond substituents is 1. The highest BCUT2D eigenvalue weighted by molar-refractivity contribution is 7.16. The van der Waals surface area contributed by atoms with Gasteiger partial charge < -0.3 is 21.9 Å². The van der Waals surface area contributed by atoms with Gasteiger partial charge in [0.05, 0.1) is 11.4 Å². The lowest BCUT2D eigenvalue weighted by molar-refractivity contribution is 0.472. The first-order valence-corrected chi connectivity index (χ1v) is 9.72. The summed E-state index contributed by atoms with van der Waals surface area (Å²) in [6.07, 6.45) is 0. The number of aryl methyl sites for hydroxylation is 1. The number of hydrogen-bond acceptors (Lipinski definition) is 7. The van der Waals surface area contributed by atoms with Crippen LogP contribution in [0, 0.1) is 18.3 Å². The maximum Gasteiger partial charge on any atom is 0.181 e. The van der Waals surface area contributed by atoms with Crippen LogP contribution in [0.25, 0.3) is 10.8 Å². The molecule has 0 atom stereocenters. The highest BCUT2D eigenvalue weighted by Crippen LogP contribution is 2.33. The summed E-state index contributed by atoms with van der Waals surface area (Å²) in [4.78, 5) is 4.46. The van der Waals surface area contributed by atoms with Gasteiger partial charge in [-0.3, -0.25) is 0 Å². The van der Waals surface area contributed by atoms with Crippen molar-refractivity contribution in [1.82, 2.24) is 4.98 Å². The van der Waals surface area contributed by atoms with Gasteiger partial charge in [-0.1, -0.05) is 53.8 Å². The highest BCUT2D eigenvalue weighted by atomic mass is 32.1. The van der Waals surface area contributed by atoms with Gasteiger partial charge in [0.15, 0.2) is 5.13 Å². The molecular formula is C22H21N5OS. The molecule has 7 heteroatoms. The average Bonchev–Trinajstić information content (AvgIpc) is 3.08. The van der Waals surface area contributed by atoms with Crippen LogP contribution in [0.3, 0.4) is 0 Å². The molecule has 1 aromatic heterocycles. The molecule has 3 aromatic carbocycles. The van der Waals surface area contributed by atoms with Gasteiger partial charge in [0, 0.05) is 23.2 Å². The lowest BCUT2D eigenvalue weighted by Crippen LogP contribution is -2.01. The van der Waals surface area contributed by atoms with Crippen LogP contribution < -0.4 is 16.8 Å². The zero-order valence-electron chi connectivity index (χ0n) is 15.9. The van der Waals surface area contributed by atoms with E-state index in [2.05, 4.69) is 10.3 Å². The van der Waals surface area contributed by atoms with E-state index in [1.807, 2.05) is 66.7 Å². The zero-order valence-corrected chi connectivity index (χ0v) is 16.7. The number of nitrogens with zero attached hydrogens (tertiary/aromatic N) is 2. The summed E-state index contributed by atoms with van der Waals surface area (Å²) < 4.78 is 0. The van der Waals surface area contributed by atoms with Crippen molar-refractivity contribution in [3.8, 4) is 11.8 Å². The number of fused-ring (bicyclic) bond motifs is 1. The number of nitrogen functional groups attached to an aromatic ring is 2. The molecule has 6 nitrogen and oxygen atoms in total. The number of rotatable bonds is 3. The lowest BCUT2D eigenvalue weighted by atomic mass is 10.0. The van der Waals surface area contributed by atoms with Crippen molar-refractivity contribution in [2.75, 3.05) is 16.8 Å². The van der Waals surface area contributed by atoms with Gasteiger partial charge in [0.25, 0.3) is 0 Å². The summed E-state index contributed by atoms with van der Waals surface area (Å²) in [5.41, 5.74) is 14.3. The van der Waals surface area contributed by atoms with Crippen molar-refractivity contribution < 1.29 is 5.11 Å². The summed E-state index contributed by atoms with van der Waals surface area (Å²) in [6.45, 7) is 2.30. The fraction of sp³-hybridized carbons (Fsp3) is 0.0909. The maximum atomic E-state index is 10.2. The van der Waals surface area contributed by atoms with E-state index in [0.717, 1.165) is 27.7 Å². The van der Waals surface area contributed by atoms with Gasteiger partial charge in [-0.25, -0.2) is 4.98 Å². The first-order chi connectivity index (χ1) is 14.0. The molecule has 0 spiro atoms. The number of nitrogens with one attached hydrogen (secondary N) is 1. The zero-order chi connectivity index (χ0) is 20.8. The first kappa shape index (κ1) is 20.0. The number of benzene rings is 3. The van der Waals surface area contributed by atoms with Gasteiger partial charge in [-0.15, -0.1) is 0 Å². The molecule has 0 fully saturated rings. The third-order valence-corrected chi connectivity index (χ3v) is 5.20. The van der Waals surface area contributed by atoms with Crippen molar-refractivity contribution in [3.63, 3.8) is 0 Å². The molecule has 6 N–H and O–H groups in total. The maximum absolute atomic E-state index is 10.2. The normalized spacial score (nSPS) is 10.1. The van der Waals surface area contributed by atoms with E-state index in [4.69, 9.17) is 16.7 Å². The molecule has 0 radical (unpaired) electrons. The Balaban J connectivity index is 0.000000224. The standard InChI is InChI=1S/C17H16N2O.C5H5N3S/c18-16-15-9-5-4-6-12(15)10-13(17(16)20)11-19-14-7-2-1-3-8-14;1-3-4(2-6)9-5(7)8-3/h1-10,19-20H,11,18H2;1H3,(H2,7,8). The molecule has 0 saturated carbocycles. The fourth-order valence-corrected chi connectivity index (χ4v) is 3.46. The van der Waals surface area contributed by atoms with Gasteiger partial charge >= 0.3 is 0 Å². The second-order valence-corrected chi connectivity index (χ2v) is 7.35. The van der Waals surface area contributed by atoms with Crippen molar-refractivity contribution in [2.45, 2.75) is 13.5 Å². The van der Waals surface area contributed by atoms with Crippen molar-refractivity contribution >= 4 is 38.6 Å². The predicted octanol–water partition coefficient (Wildman–Crippen LogP) is 4.65. The monoisotopic (exact) mass is 403 g/mol. The number of aromatic nitrogens is 1. The number of nitriles is 1. The van der Waals surface area contributed by atoms with Crippen LogP contribution in [0.15, 0.2) is 60.7 Å². The van der Waals surface area contributed by atoms with Crippen LogP contribution in [0.2, 0.25) is 0 Å². The molecule has 0 saturated heterocycles. The fourth-order valence-electron chi connectivity index (χ4n) is 2.83. The number of thiazole rings is 1. The molecule has 4 aromatic rings. The molecule has 0 bridgehead atoms. The highest BCUT2D eigenvalue weighted by Gasteiger charge is 2.09. The SMILES string of the molecule is Cc1nc(N)sc1C#N.Nc1c(O)c(CNc2ccccc2)cc2ccccc12. The van der Waals surface area contributed by atoms with Crippen molar-refractivity contribution in [1.29, 1.82) is 5.26 Å². The largest absolute Gasteiger partial charge is 0.505 e. The summed E-state index contributed by atoms with van der Waals surface area (Å²) in [5.74, 6) is 0.159. The summed E-state index contributed by atoms with van der Waals surface area (Å²) in [7, 11) is 0. The quantitative estimate of drug-likeness (QED) is 0.292. The van der Waals surface area contributed by atoms with Crippen LogP contribution in [0.1, 0.15) is 16.1 Å². The first-order valence-electron chi connectivity index (χ1n) is 8.90. The Labute approximate surface area is 173 Å². The topological polar surface area (TPSA) is 121 Å². The van der Waals surface area contributed by atoms with Gasteiger partial charge in [0.2, 0.25) is 0 Å². The van der Waals surface area contributed by atoms with Crippen molar-refractivity contribution in [3.05, 3.63) is 76.8 Å². The van der Waals surface area contributed by atoms with Crippen LogP contribution in [0.4, 0.5) is 16.5 Å². The van der Waals surface area contributed by atoms with Crippen LogP contribution in [0.5, 0.6) is 5.75 Å². The molecular weight excluding hydrogens is 382 g/mol. The predicted molar refractivity (Wildman–Crippen MR) is 120 cm³/mol. The van der Waals surface area contributed by atoms with Gasteiger partial charge in [-0.05, 0) is 30.5 Å². The lowest BCUT2D eigenvalue weighted by Gasteiger charge is -2.12. The van der Waals surface area contributed by atoms with E-state index >= 15 is 0 Å². The molecule has 0 aliphatic heterocycles. The second kappa shape index (κ2) is 8.95. The third-order valence-electron chi connectivity index (χ3n) is 4.31. The minimum atomic E-state index is 0.159. The molecule has 0 unspecified atom stereocenters. The number of nitrogens with two attached hydrogens (primary N) is 2. The smallest absolute Gasteiger partial charge is 0.181 e. The van der Waals surface area contributed by atoms with E-state index in [0.29, 0.717) is 22.2 Å². The van der Waals surface area contributed by atoms with Crippen LogP contribution in [-0.2, 0) is 6.54 Å². The number of aromatic hydroxyl groups is 1. The van der Waals surface area contributed by atoms with E-state index in [1.165, 1.54) is 11.3 Å². The molecule has 0 aliphatic carbocycles. The molecule has 4 rings (SSSR count). The Hall–Kier alpha value is -3.76. The van der Waals surface area contributed by atoms with E-state index in [9.17, 15) is 5.11 Å². The Bertz CT molecular complexity index is 1170. The third kappa shape index (κ3) is 4.75. The number of para-hydroxylation sites is 1. The minimum absolute atomic E-state index is 0.159. The van der Waals surface area contributed by atoms with E-state index in [1.54, 1.807) is 6.92 Å². The summed E-state index contributed by atoms with van der Waals surface area (Å²) >= 11 is 1.22. The summed E-state index contributed by atoms with van der Waals surface area (Å²) in [5, 5.41) is 24.3. The molecule has 146 valence electrons. The Morgan fingerprint density at radius 2 is 1.79 bits per heavy atom. The second-order valence-electron chi connectivity index (χ2n) is 6.32. The Morgan fingerprint density at radius 1 is 1.10 bits per heavy atom. The number of phenols is 1. The Morgan fingerprint density at radius 3 is 2.41 bits per heavy atom. The number of hydrogen-bond donors (Lipinski definition) is 4. The molecule has 1 heterocycles. The average molecular weight is 404 g/mol. The van der Waals surface area contributed by atoms with E-state index in [-0.39, 0.29) is 5.75 Å². The summed E-state index contributed by atoms with van der Waals surface area (Å²) in [6, 6.07) is 21.6. The van der Waals surface area contributed by atoms with Crippen LogP contribution in [-0.4, -0.2) is 10.1 Å².